The zero-order valence-electron chi connectivity index (χ0n) is 19.0. The third-order valence-electron chi connectivity index (χ3n) is 6.61. The number of aryl methyl sites for hydroxylation is 2. The summed E-state index contributed by atoms with van der Waals surface area (Å²) >= 11 is 0. The van der Waals surface area contributed by atoms with E-state index in [4.69, 9.17) is 0 Å². The van der Waals surface area contributed by atoms with Crippen molar-refractivity contribution in [1.82, 2.24) is 4.98 Å². The first-order valence-electron chi connectivity index (χ1n) is 10.6. The van der Waals surface area contributed by atoms with Gasteiger partial charge in [-0.05, 0) is 61.1 Å². The van der Waals surface area contributed by atoms with Gasteiger partial charge >= 0.3 is 6.18 Å². The average Bonchev–Trinajstić information content (AvgIpc) is 2.72. The zero-order valence-corrected chi connectivity index (χ0v) is 19.0. The lowest BCUT2D eigenvalue weighted by molar-refractivity contribution is -0.276. The van der Waals surface area contributed by atoms with E-state index >= 15 is 0 Å². The third-order valence-corrected chi connectivity index (χ3v) is 6.61. The molecule has 0 spiro atoms. The Labute approximate surface area is 193 Å². The molecule has 2 atom stereocenters. The molecule has 0 radical (unpaired) electrons. The molecule has 5 nitrogen and oxygen atoms in total. The second-order valence-electron chi connectivity index (χ2n) is 9.54. The molecule has 0 amide bonds. The number of nitrogens with zero attached hydrogens (tertiary/aromatic N) is 1. The van der Waals surface area contributed by atoms with Crippen LogP contribution in [-0.4, -0.2) is 33.3 Å². The van der Waals surface area contributed by atoms with Crippen molar-refractivity contribution in [3.05, 3.63) is 64.1 Å². The van der Waals surface area contributed by atoms with E-state index in [1.807, 2.05) is 0 Å². The number of anilines is 1. The van der Waals surface area contributed by atoms with Crippen LogP contribution in [0.15, 0.2) is 30.3 Å². The molecule has 0 bridgehead atoms. The minimum atomic E-state index is -5.11. The molecule has 1 aromatic heterocycles. The van der Waals surface area contributed by atoms with Gasteiger partial charge in [-0.25, -0.2) is 4.39 Å². The van der Waals surface area contributed by atoms with Gasteiger partial charge in [0.2, 0.25) is 0 Å². The molecule has 0 saturated heterocycles. The predicted molar refractivity (Wildman–Crippen MR) is 120 cm³/mol. The largest absolute Gasteiger partial charge is 0.505 e. The number of aldehydes is 1. The number of phenolic OH excluding ortho intramolecular Hbond substituents is 1. The number of fused-ring (bicyclic) bond motifs is 2. The maximum absolute atomic E-state index is 14.5. The summed E-state index contributed by atoms with van der Waals surface area (Å²) in [5.74, 6) is -1.96. The molecule has 1 aliphatic rings. The maximum atomic E-state index is 14.5. The van der Waals surface area contributed by atoms with E-state index < -0.39 is 41.2 Å². The molecular formula is C25H24F4N2O3. The van der Waals surface area contributed by atoms with Crippen molar-refractivity contribution in [2.45, 2.75) is 57.3 Å². The molecule has 3 aromatic rings. The quantitative estimate of drug-likeness (QED) is 0.337. The Kier molecular flexibility index (Phi) is 5.39. The van der Waals surface area contributed by atoms with E-state index in [9.17, 15) is 32.6 Å². The summed E-state index contributed by atoms with van der Waals surface area (Å²) < 4.78 is 57.9. The van der Waals surface area contributed by atoms with Gasteiger partial charge in [0, 0.05) is 27.9 Å². The van der Waals surface area contributed by atoms with Gasteiger partial charge in [-0.3, -0.25) is 9.78 Å². The van der Waals surface area contributed by atoms with Gasteiger partial charge in [0.25, 0.3) is 0 Å². The number of hydrogen-bond acceptors (Lipinski definition) is 5. The number of carbonyl (C=O) groups excluding carboxylic acids is 1. The highest BCUT2D eigenvalue weighted by molar-refractivity contribution is 5.94. The number of aliphatic hydroxyl groups is 1. The van der Waals surface area contributed by atoms with Crippen LogP contribution in [0.5, 0.6) is 5.75 Å². The van der Waals surface area contributed by atoms with Crippen LogP contribution >= 0.6 is 0 Å². The van der Waals surface area contributed by atoms with Crippen molar-refractivity contribution in [1.29, 1.82) is 0 Å². The van der Waals surface area contributed by atoms with Crippen molar-refractivity contribution in [2.24, 2.45) is 0 Å². The number of aromatic hydroxyl groups is 1. The van der Waals surface area contributed by atoms with Crippen LogP contribution in [0.2, 0.25) is 0 Å². The first-order chi connectivity index (χ1) is 15.7. The molecule has 1 heterocycles. The summed E-state index contributed by atoms with van der Waals surface area (Å²) in [6.07, 6.45) is -5.75. The molecule has 0 fully saturated rings. The van der Waals surface area contributed by atoms with E-state index in [1.54, 1.807) is 38.1 Å². The number of aromatic nitrogens is 1. The first-order valence-corrected chi connectivity index (χ1v) is 10.6. The zero-order chi connectivity index (χ0) is 25.2. The van der Waals surface area contributed by atoms with Crippen molar-refractivity contribution in [3.8, 4) is 5.75 Å². The molecule has 34 heavy (non-hydrogen) atoms. The van der Waals surface area contributed by atoms with Crippen molar-refractivity contribution < 1.29 is 32.6 Å². The molecule has 9 heteroatoms. The van der Waals surface area contributed by atoms with Crippen LogP contribution in [-0.2, 0) is 5.41 Å². The highest BCUT2D eigenvalue weighted by Gasteiger charge is 2.65. The molecule has 3 N–H and O–H groups in total. The molecule has 4 rings (SSSR count). The fourth-order valence-corrected chi connectivity index (χ4v) is 5.08. The highest BCUT2D eigenvalue weighted by atomic mass is 19.4. The number of carbonyl (C=O) groups is 1. The van der Waals surface area contributed by atoms with Crippen LogP contribution in [0.3, 0.4) is 0 Å². The molecule has 2 unspecified atom stereocenters. The molecule has 0 aliphatic heterocycles. The van der Waals surface area contributed by atoms with Crippen molar-refractivity contribution in [2.75, 3.05) is 5.32 Å². The Bertz CT molecular complexity index is 1320. The standard InChI is InChI=1S/C25H24F4N2O3/c1-12-5-8-17-15(7-6-13(2)30-17)20(12)31-22-18-14(10-32)9-16(26)21(33)19(18)23(3,4)11-24(22,34)25(27,28)29/h5-10,22,31,33-34H,11H2,1-4H3. The lowest BCUT2D eigenvalue weighted by Gasteiger charge is -2.49. The van der Waals surface area contributed by atoms with Crippen molar-refractivity contribution >= 4 is 22.9 Å². The lowest BCUT2D eigenvalue weighted by Crippen LogP contribution is -2.58. The van der Waals surface area contributed by atoms with Crippen LogP contribution < -0.4 is 5.32 Å². The second-order valence-corrected chi connectivity index (χ2v) is 9.54. The van der Waals surface area contributed by atoms with E-state index in [0.717, 1.165) is 0 Å². The summed E-state index contributed by atoms with van der Waals surface area (Å²) in [5, 5.41) is 25.1. The number of pyridine rings is 1. The van der Waals surface area contributed by atoms with Crippen LogP contribution in [0.25, 0.3) is 10.9 Å². The SMILES string of the molecule is Cc1ccc2c(NC3c4c(C=O)cc(F)c(O)c4C(C)(C)CC3(O)C(F)(F)F)c(C)ccc2n1. The minimum absolute atomic E-state index is 0.145. The summed E-state index contributed by atoms with van der Waals surface area (Å²) in [6, 6.07) is 5.60. The van der Waals surface area contributed by atoms with E-state index in [1.165, 1.54) is 13.8 Å². The van der Waals surface area contributed by atoms with Gasteiger partial charge in [0.1, 0.15) is 0 Å². The van der Waals surface area contributed by atoms with Gasteiger partial charge in [-0.1, -0.05) is 19.9 Å². The van der Waals surface area contributed by atoms with Gasteiger partial charge in [0.05, 0.1) is 11.6 Å². The fraction of sp³-hybridized carbons (Fsp3) is 0.360. The number of phenols is 1. The lowest BCUT2D eigenvalue weighted by atomic mass is 9.62. The first kappa shape index (κ1) is 23.9. The van der Waals surface area contributed by atoms with Gasteiger partial charge in [0.15, 0.2) is 23.5 Å². The Hall–Kier alpha value is -3.20. The Morgan fingerprint density at radius 1 is 1.18 bits per heavy atom. The summed E-state index contributed by atoms with van der Waals surface area (Å²) in [4.78, 5) is 16.3. The normalized spacial score (nSPS) is 21.9. The average molecular weight is 476 g/mol. The van der Waals surface area contributed by atoms with Gasteiger partial charge < -0.3 is 15.5 Å². The number of benzene rings is 2. The monoisotopic (exact) mass is 476 g/mol. The third kappa shape index (κ3) is 3.50. The number of rotatable bonds is 3. The van der Waals surface area contributed by atoms with Crippen LogP contribution in [0.4, 0.5) is 23.2 Å². The van der Waals surface area contributed by atoms with Gasteiger partial charge in [-0.15, -0.1) is 0 Å². The van der Waals surface area contributed by atoms with Crippen LogP contribution in [0, 0.1) is 19.7 Å². The Morgan fingerprint density at radius 3 is 2.47 bits per heavy atom. The smallest absolute Gasteiger partial charge is 0.419 e. The maximum Gasteiger partial charge on any atom is 0.419 e. The molecule has 1 aliphatic carbocycles. The molecular weight excluding hydrogens is 452 g/mol. The van der Waals surface area contributed by atoms with Gasteiger partial charge in [-0.2, -0.15) is 13.2 Å². The topological polar surface area (TPSA) is 82.5 Å². The number of nitrogens with one attached hydrogen (secondary N) is 1. The molecule has 180 valence electrons. The van der Waals surface area contributed by atoms with E-state index in [-0.39, 0.29) is 28.7 Å². The summed E-state index contributed by atoms with van der Waals surface area (Å²) in [6.45, 7) is 6.19. The Balaban J connectivity index is 2.06. The fourth-order valence-electron chi connectivity index (χ4n) is 5.08. The van der Waals surface area contributed by atoms with E-state index in [2.05, 4.69) is 10.3 Å². The van der Waals surface area contributed by atoms with E-state index in [0.29, 0.717) is 28.2 Å². The summed E-state index contributed by atoms with van der Waals surface area (Å²) in [5.41, 5.74) is -3.57. The predicted octanol–water partition coefficient (Wildman–Crippen LogP) is 5.64. The number of halogens is 4. The molecule has 0 saturated carbocycles. The molecule has 2 aromatic carbocycles. The summed E-state index contributed by atoms with van der Waals surface area (Å²) in [7, 11) is 0. The second kappa shape index (κ2) is 7.66. The van der Waals surface area contributed by atoms with Crippen molar-refractivity contribution in [3.63, 3.8) is 0 Å². The number of hydrogen-bond donors (Lipinski definition) is 3. The van der Waals surface area contributed by atoms with Crippen LogP contribution in [0.1, 0.15) is 59.1 Å². The highest BCUT2D eigenvalue weighted by Crippen LogP contribution is 2.57. The minimum Gasteiger partial charge on any atom is -0.505 e. The Morgan fingerprint density at radius 2 is 1.85 bits per heavy atom. The number of alkyl halides is 3.